The maximum absolute atomic E-state index is 11.6. The van der Waals surface area contributed by atoms with Crippen LogP contribution in [0.4, 0.5) is 12.7 Å². The SMILES string of the molecule is O=S(=O)(F)C(F)(F)CBr. The van der Waals surface area contributed by atoms with E-state index in [4.69, 9.17) is 0 Å². The normalized spacial score (nSPS) is 13.8. The molecule has 0 bridgehead atoms. The van der Waals surface area contributed by atoms with E-state index < -0.39 is 20.8 Å². The van der Waals surface area contributed by atoms with Crippen molar-refractivity contribution in [1.82, 2.24) is 0 Å². The summed E-state index contributed by atoms with van der Waals surface area (Å²) < 4.78 is 53.5. The molecule has 0 aromatic heterocycles. The zero-order chi connectivity index (χ0) is 7.71. The summed E-state index contributed by atoms with van der Waals surface area (Å²) in [6, 6.07) is 0. The molecular weight excluding hydrogens is 225 g/mol. The summed E-state index contributed by atoms with van der Waals surface area (Å²) in [6.07, 6.45) is 0. The first-order valence-electron chi connectivity index (χ1n) is 1.69. The van der Waals surface area contributed by atoms with Crippen molar-refractivity contribution < 1.29 is 21.1 Å². The van der Waals surface area contributed by atoms with Crippen LogP contribution in [-0.4, -0.2) is 19.0 Å². The second kappa shape index (κ2) is 2.45. The molecule has 0 aliphatic rings. The molecule has 0 unspecified atom stereocenters. The predicted octanol–water partition coefficient (Wildman–Crippen LogP) is 1.27. The molecule has 0 spiro atoms. The molecule has 0 aromatic rings. The minimum atomic E-state index is -5.73. The highest BCUT2D eigenvalue weighted by Gasteiger charge is 2.44. The highest BCUT2D eigenvalue weighted by molar-refractivity contribution is 9.09. The Morgan fingerprint density at radius 2 is 1.78 bits per heavy atom. The van der Waals surface area contributed by atoms with Gasteiger partial charge in [0.1, 0.15) is 0 Å². The van der Waals surface area contributed by atoms with E-state index in [1.807, 2.05) is 0 Å². The first kappa shape index (κ1) is 9.22. The summed E-state index contributed by atoms with van der Waals surface area (Å²) in [5.41, 5.74) is 0. The smallest absolute Gasteiger partial charge is 0.188 e. The van der Waals surface area contributed by atoms with Crippen LogP contribution in [0.2, 0.25) is 0 Å². The van der Waals surface area contributed by atoms with Crippen molar-refractivity contribution >= 4 is 26.2 Å². The van der Waals surface area contributed by atoms with Crippen LogP contribution in [0, 0.1) is 0 Å². The molecule has 0 aromatic carbocycles. The fourth-order valence-corrected chi connectivity index (χ4v) is 1.02. The van der Waals surface area contributed by atoms with E-state index in [0.717, 1.165) is 0 Å². The first-order valence-corrected chi connectivity index (χ1v) is 4.20. The van der Waals surface area contributed by atoms with Crippen LogP contribution in [0.1, 0.15) is 0 Å². The number of alkyl halides is 3. The third-order valence-electron chi connectivity index (χ3n) is 0.512. The minimum Gasteiger partial charge on any atom is -0.188 e. The Balaban J connectivity index is 4.56. The lowest BCUT2D eigenvalue weighted by molar-refractivity contribution is 0.114. The van der Waals surface area contributed by atoms with Crippen molar-refractivity contribution in [3.8, 4) is 0 Å². The molecule has 7 heteroatoms. The van der Waals surface area contributed by atoms with Crippen LogP contribution in [0.5, 0.6) is 0 Å². The van der Waals surface area contributed by atoms with Gasteiger partial charge in [0.05, 0.1) is 5.33 Å². The Labute approximate surface area is 58.4 Å². The van der Waals surface area contributed by atoms with Gasteiger partial charge in [0.15, 0.2) is 0 Å². The molecule has 56 valence electrons. The average Bonchev–Trinajstić information content (AvgIpc) is 1.64. The molecule has 0 amide bonds. The Bertz CT molecular complexity index is 186. The number of hydrogen-bond acceptors (Lipinski definition) is 2. The van der Waals surface area contributed by atoms with Crippen molar-refractivity contribution in [2.45, 2.75) is 5.25 Å². The standard InChI is InChI=1S/C2H2BrF3O2S/c3-1-2(4,5)9(6,7)8/h1H2. The lowest BCUT2D eigenvalue weighted by Gasteiger charge is -2.04. The largest absolute Gasteiger partial charge is 0.383 e. The zero-order valence-corrected chi connectivity index (χ0v) is 6.35. The molecule has 0 heterocycles. The van der Waals surface area contributed by atoms with Crippen LogP contribution in [0.25, 0.3) is 0 Å². The summed E-state index contributed by atoms with van der Waals surface area (Å²) in [5.74, 6) is 0. The van der Waals surface area contributed by atoms with E-state index in [1.165, 1.54) is 0 Å². The Hall–Kier alpha value is 0.220. The highest BCUT2D eigenvalue weighted by Crippen LogP contribution is 2.24. The molecular formula is C2H2BrF3O2S. The van der Waals surface area contributed by atoms with E-state index in [-0.39, 0.29) is 0 Å². The van der Waals surface area contributed by atoms with Gasteiger partial charge in [-0.1, -0.05) is 19.8 Å². The van der Waals surface area contributed by atoms with Gasteiger partial charge >= 0.3 is 15.5 Å². The quantitative estimate of drug-likeness (QED) is 0.525. The number of rotatable bonds is 2. The summed E-state index contributed by atoms with van der Waals surface area (Å²) >= 11 is 2.14. The second-order valence-corrected chi connectivity index (χ2v) is 3.24. The molecule has 0 radical (unpaired) electrons. The van der Waals surface area contributed by atoms with E-state index in [9.17, 15) is 21.1 Å². The molecule has 0 atom stereocenters. The van der Waals surface area contributed by atoms with Gasteiger partial charge in [0.25, 0.3) is 0 Å². The lowest BCUT2D eigenvalue weighted by atomic mass is 10.8. The Morgan fingerprint density at radius 3 is 1.78 bits per heavy atom. The molecule has 0 aliphatic carbocycles. The molecule has 0 rings (SSSR count). The predicted molar refractivity (Wildman–Crippen MR) is 28.8 cm³/mol. The van der Waals surface area contributed by atoms with E-state index in [2.05, 4.69) is 15.9 Å². The molecule has 2 nitrogen and oxygen atoms in total. The van der Waals surface area contributed by atoms with Crippen LogP contribution in [0.15, 0.2) is 0 Å². The van der Waals surface area contributed by atoms with Gasteiger partial charge in [0.2, 0.25) is 0 Å². The van der Waals surface area contributed by atoms with Crippen molar-refractivity contribution in [1.29, 1.82) is 0 Å². The fraction of sp³-hybridized carbons (Fsp3) is 1.00. The van der Waals surface area contributed by atoms with Crippen LogP contribution in [-0.2, 0) is 10.2 Å². The molecule has 0 fully saturated rings. The van der Waals surface area contributed by atoms with Gasteiger partial charge in [-0.05, 0) is 0 Å². The zero-order valence-electron chi connectivity index (χ0n) is 3.94. The minimum absolute atomic E-state index is 1.22. The average molecular weight is 227 g/mol. The van der Waals surface area contributed by atoms with Gasteiger partial charge < -0.3 is 0 Å². The fourth-order valence-electron chi connectivity index (χ4n) is 0.0652. The summed E-state index contributed by atoms with van der Waals surface area (Å²) in [7, 11) is -5.73. The first-order chi connectivity index (χ1) is 3.81. The van der Waals surface area contributed by atoms with Crippen molar-refractivity contribution in [3.05, 3.63) is 0 Å². The maximum Gasteiger partial charge on any atom is 0.383 e. The summed E-state index contributed by atoms with van der Waals surface area (Å²) in [6.45, 7) is 0. The Morgan fingerprint density at radius 1 is 1.44 bits per heavy atom. The molecule has 0 saturated carbocycles. The molecule has 0 aliphatic heterocycles. The van der Waals surface area contributed by atoms with E-state index in [0.29, 0.717) is 0 Å². The Kier molecular flexibility index (Phi) is 2.51. The molecule has 0 saturated heterocycles. The summed E-state index contributed by atoms with van der Waals surface area (Å²) in [4.78, 5) is 0. The second-order valence-electron chi connectivity index (χ2n) is 1.21. The van der Waals surface area contributed by atoms with Crippen molar-refractivity contribution in [3.63, 3.8) is 0 Å². The number of hydrogen-bond donors (Lipinski definition) is 0. The van der Waals surface area contributed by atoms with Gasteiger partial charge in [-0.15, -0.1) is 0 Å². The van der Waals surface area contributed by atoms with E-state index >= 15 is 0 Å². The maximum atomic E-state index is 11.6. The van der Waals surface area contributed by atoms with Crippen molar-refractivity contribution in [2.24, 2.45) is 0 Å². The number of halogens is 4. The van der Waals surface area contributed by atoms with E-state index in [1.54, 1.807) is 0 Å². The molecule has 0 N–H and O–H groups in total. The monoisotopic (exact) mass is 226 g/mol. The third-order valence-corrected chi connectivity index (χ3v) is 2.45. The van der Waals surface area contributed by atoms with Gasteiger partial charge in [-0.25, -0.2) is 0 Å². The van der Waals surface area contributed by atoms with Crippen LogP contribution < -0.4 is 0 Å². The van der Waals surface area contributed by atoms with Gasteiger partial charge in [-0.3, -0.25) is 0 Å². The third kappa shape index (κ3) is 2.13. The van der Waals surface area contributed by atoms with Crippen molar-refractivity contribution in [2.75, 3.05) is 5.33 Å². The van der Waals surface area contributed by atoms with Gasteiger partial charge in [0, 0.05) is 0 Å². The highest BCUT2D eigenvalue weighted by atomic mass is 79.9. The topological polar surface area (TPSA) is 34.1 Å². The van der Waals surface area contributed by atoms with Crippen LogP contribution in [0.3, 0.4) is 0 Å². The van der Waals surface area contributed by atoms with Crippen LogP contribution >= 0.6 is 15.9 Å². The molecule has 9 heavy (non-hydrogen) atoms. The summed E-state index contributed by atoms with van der Waals surface area (Å²) in [5, 5.41) is -5.52. The van der Waals surface area contributed by atoms with Gasteiger partial charge in [-0.2, -0.15) is 17.2 Å². The lowest BCUT2D eigenvalue weighted by Crippen LogP contribution is -2.26.